The summed E-state index contributed by atoms with van der Waals surface area (Å²) in [6.45, 7) is 2.49. The van der Waals surface area contributed by atoms with E-state index in [1.165, 1.54) is 17.2 Å². The third-order valence-electron chi connectivity index (χ3n) is 3.69. The van der Waals surface area contributed by atoms with Gasteiger partial charge in [0.25, 0.3) is 0 Å². The molecule has 1 saturated heterocycles. The Kier molecular flexibility index (Phi) is 4.85. The van der Waals surface area contributed by atoms with Crippen molar-refractivity contribution in [1.29, 1.82) is 0 Å². The van der Waals surface area contributed by atoms with Crippen molar-refractivity contribution < 1.29 is 24.6 Å². The molecule has 0 radical (unpaired) electrons. The SMILES string of the molecule is CCNc1ncnc2c1ncn2[C@@H]1O[C@H](CONC=O)[C@@H](O)[C@H]1O. The van der Waals surface area contributed by atoms with Gasteiger partial charge < -0.3 is 20.3 Å². The summed E-state index contributed by atoms with van der Waals surface area (Å²) in [5, 5.41) is 23.4. The van der Waals surface area contributed by atoms with E-state index in [0.29, 0.717) is 29.9 Å². The number of carbonyl (C=O) groups excluding carboxylic acids is 1. The number of nitrogens with zero attached hydrogens (tertiary/aromatic N) is 4. The topological polar surface area (TPSA) is 144 Å². The maximum atomic E-state index is 10.3. The Morgan fingerprint density at radius 3 is 2.96 bits per heavy atom. The van der Waals surface area contributed by atoms with Crippen LogP contribution in [-0.4, -0.2) is 67.6 Å². The molecule has 0 saturated carbocycles. The molecule has 0 bridgehead atoms. The highest BCUT2D eigenvalue weighted by atomic mass is 16.7. The maximum absolute atomic E-state index is 10.3. The number of anilines is 1. The van der Waals surface area contributed by atoms with Gasteiger partial charge in [-0.05, 0) is 6.92 Å². The first-order valence-electron chi connectivity index (χ1n) is 7.41. The smallest absolute Gasteiger partial charge is 0.230 e. The van der Waals surface area contributed by atoms with Gasteiger partial charge in [0.05, 0.1) is 6.33 Å². The van der Waals surface area contributed by atoms with Crippen molar-refractivity contribution in [2.45, 2.75) is 31.5 Å². The zero-order valence-electron chi connectivity index (χ0n) is 12.9. The molecular formula is C13H18N6O5. The van der Waals surface area contributed by atoms with Gasteiger partial charge in [0.1, 0.15) is 31.2 Å². The van der Waals surface area contributed by atoms with Gasteiger partial charge in [-0.25, -0.2) is 20.4 Å². The Balaban J connectivity index is 1.85. The number of aromatic nitrogens is 4. The van der Waals surface area contributed by atoms with Crippen LogP contribution < -0.4 is 10.8 Å². The summed E-state index contributed by atoms with van der Waals surface area (Å²) < 4.78 is 7.17. The molecular weight excluding hydrogens is 320 g/mol. The minimum Gasteiger partial charge on any atom is -0.387 e. The molecule has 11 nitrogen and oxygen atoms in total. The number of nitrogens with one attached hydrogen (secondary N) is 2. The lowest BCUT2D eigenvalue weighted by Crippen LogP contribution is -2.35. The Morgan fingerprint density at radius 2 is 2.21 bits per heavy atom. The summed E-state index contributed by atoms with van der Waals surface area (Å²) in [5.41, 5.74) is 3.01. The number of imidazole rings is 1. The third-order valence-corrected chi connectivity index (χ3v) is 3.69. The quantitative estimate of drug-likeness (QED) is 0.271. The molecule has 0 aliphatic carbocycles. The lowest BCUT2D eigenvalue weighted by Gasteiger charge is -2.16. The van der Waals surface area contributed by atoms with Crippen molar-refractivity contribution >= 4 is 23.4 Å². The predicted molar refractivity (Wildman–Crippen MR) is 80.6 cm³/mol. The highest BCUT2D eigenvalue weighted by Crippen LogP contribution is 2.32. The van der Waals surface area contributed by atoms with Gasteiger partial charge in [-0.2, -0.15) is 0 Å². The number of rotatable bonds is 7. The average Bonchev–Trinajstić information content (AvgIpc) is 3.12. The summed E-state index contributed by atoms with van der Waals surface area (Å²) in [7, 11) is 0. The summed E-state index contributed by atoms with van der Waals surface area (Å²) in [4.78, 5) is 27.6. The number of aliphatic hydroxyl groups is 2. The number of fused-ring (bicyclic) bond motifs is 1. The first-order chi connectivity index (χ1) is 11.7. The Morgan fingerprint density at radius 1 is 1.38 bits per heavy atom. The second kappa shape index (κ2) is 7.05. The van der Waals surface area contributed by atoms with Crippen LogP contribution in [0.15, 0.2) is 12.7 Å². The van der Waals surface area contributed by atoms with Crippen molar-refractivity contribution in [3.05, 3.63) is 12.7 Å². The summed E-state index contributed by atoms with van der Waals surface area (Å²) in [6.07, 6.45) is -0.888. The molecule has 1 fully saturated rings. The van der Waals surface area contributed by atoms with Crippen LogP contribution in [0.1, 0.15) is 13.2 Å². The zero-order chi connectivity index (χ0) is 17.1. The van der Waals surface area contributed by atoms with Gasteiger partial charge in [0.15, 0.2) is 23.2 Å². The fourth-order valence-electron chi connectivity index (χ4n) is 2.60. The minimum atomic E-state index is -1.20. The van der Waals surface area contributed by atoms with Gasteiger partial charge in [-0.3, -0.25) is 14.2 Å². The van der Waals surface area contributed by atoms with E-state index < -0.39 is 24.5 Å². The van der Waals surface area contributed by atoms with E-state index in [9.17, 15) is 15.0 Å². The Bertz CT molecular complexity index is 709. The van der Waals surface area contributed by atoms with E-state index in [4.69, 9.17) is 9.57 Å². The molecule has 130 valence electrons. The molecule has 4 atom stereocenters. The first-order valence-corrected chi connectivity index (χ1v) is 7.41. The largest absolute Gasteiger partial charge is 0.387 e. The standard InChI is InChI=1S/C13H18N6O5/c1-2-14-11-8-12(16-4-15-11)19(5-17-8)13-10(22)9(21)7(24-13)3-23-18-6-20/h4-7,9-10,13,21-22H,2-3H2,1H3,(H,18,20)(H,14,15,16)/t7-,9-,10-,13-/m1/s1. The third kappa shape index (κ3) is 2.89. The molecule has 1 aliphatic rings. The molecule has 0 aromatic carbocycles. The Labute approximate surface area is 136 Å². The predicted octanol–water partition coefficient (Wildman–Crippen LogP) is -1.45. The zero-order valence-corrected chi connectivity index (χ0v) is 12.9. The van der Waals surface area contributed by atoms with E-state index in [1.807, 2.05) is 12.4 Å². The molecule has 2 aromatic heterocycles. The number of hydrogen-bond acceptors (Lipinski definition) is 9. The van der Waals surface area contributed by atoms with Crippen LogP contribution in [0.3, 0.4) is 0 Å². The van der Waals surface area contributed by atoms with Gasteiger partial charge in [0.2, 0.25) is 6.41 Å². The number of amides is 1. The second-order valence-corrected chi connectivity index (χ2v) is 5.17. The van der Waals surface area contributed by atoms with Gasteiger partial charge in [-0.15, -0.1) is 0 Å². The van der Waals surface area contributed by atoms with Crippen molar-refractivity contribution in [2.24, 2.45) is 0 Å². The van der Waals surface area contributed by atoms with Crippen LogP contribution in [0.2, 0.25) is 0 Å². The number of aliphatic hydroxyl groups excluding tert-OH is 2. The van der Waals surface area contributed by atoms with E-state index in [0.717, 1.165) is 0 Å². The molecule has 1 aliphatic heterocycles. The van der Waals surface area contributed by atoms with Crippen molar-refractivity contribution in [1.82, 2.24) is 25.0 Å². The molecule has 11 heteroatoms. The fourth-order valence-corrected chi connectivity index (χ4v) is 2.60. The number of carbonyl (C=O) groups is 1. The first kappa shape index (κ1) is 16.5. The highest BCUT2D eigenvalue weighted by Gasteiger charge is 2.44. The second-order valence-electron chi connectivity index (χ2n) is 5.17. The van der Waals surface area contributed by atoms with Gasteiger partial charge in [-0.1, -0.05) is 0 Å². The molecule has 0 spiro atoms. The number of hydrogen-bond donors (Lipinski definition) is 4. The molecule has 3 rings (SSSR count). The normalized spacial score (nSPS) is 26.6. The van der Waals surface area contributed by atoms with Gasteiger partial charge in [0, 0.05) is 6.54 Å². The summed E-state index contributed by atoms with van der Waals surface area (Å²) in [6, 6.07) is 0. The van der Waals surface area contributed by atoms with Crippen LogP contribution in [0.4, 0.5) is 5.82 Å². The van der Waals surface area contributed by atoms with E-state index >= 15 is 0 Å². The molecule has 1 amide bonds. The van der Waals surface area contributed by atoms with E-state index in [1.54, 1.807) is 0 Å². The average molecular weight is 338 g/mol. The van der Waals surface area contributed by atoms with Crippen LogP contribution in [0.5, 0.6) is 0 Å². The van der Waals surface area contributed by atoms with Crippen molar-refractivity contribution in [3.8, 4) is 0 Å². The van der Waals surface area contributed by atoms with E-state index in [2.05, 4.69) is 20.3 Å². The van der Waals surface area contributed by atoms with E-state index in [-0.39, 0.29) is 6.61 Å². The van der Waals surface area contributed by atoms with Crippen molar-refractivity contribution in [3.63, 3.8) is 0 Å². The van der Waals surface area contributed by atoms with Crippen LogP contribution >= 0.6 is 0 Å². The minimum absolute atomic E-state index is 0.113. The van der Waals surface area contributed by atoms with Crippen LogP contribution in [0.25, 0.3) is 11.2 Å². The molecule has 3 heterocycles. The number of hydroxylamine groups is 1. The fraction of sp³-hybridized carbons (Fsp3) is 0.538. The maximum Gasteiger partial charge on any atom is 0.230 e. The van der Waals surface area contributed by atoms with Gasteiger partial charge >= 0.3 is 0 Å². The number of ether oxygens (including phenoxy) is 1. The van der Waals surface area contributed by atoms with Crippen LogP contribution in [0, 0.1) is 0 Å². The molecule has 2 aromatic rings. The Hall–Kier alpha value is -2.34. The monoisotopic (exact) mass is 338 g/mol. The lowest BCUT2D eigenvalue weighted by atomic mass is 10.1. The molecule has 0 unspecified atom stereocenters. The summed E-state index contributed by atoms with van der Waals surface area (Å²) in [5.74, 6) is 0.573. The molecule has 4 N–H and O–H groups in total. The summed E-state index contributed by atoms with van der Waals surface area (Å²) >= 11 is 0. The highest BCUT2D eigenvalue weighted by molar-refractivity contribution is 5.82. The van der Waals surface area contributed by atoms with Crippen molar-refractivity contribution in [2.75, 3.05) is 18.5 Å². The molecule has 24 heavy (non-hydrogen) atoms. The lowest BCUT2D eigenvalue weighted by molar-refractivity contribution is -0.127. The van der Waals surface area contributed by atoms with Crippen LogP contribution in [-0.2, 0) is 14.4 Å².